The zero-order valence-electron chi connectivity index (χ0n) is 55.6. The maximum Gasteiger partial charge on any atom is 0.488 e. The first-order valence-electron chi connectivity index (χ1n) is 29.3. The van der Waals surface area contributed by atoms with Gasteiger partial charge >= 0.3 is 40.2 Å². The van der Waals surface area contributed by atoms with Crippen LogP contribution in [-0.2, 0) is 62.8 Å². The number of rotatable bonds is 20. The molecule has 0 fully saturated rings. The number of sulfone groups is 2. The summed E-state index contributed by atoms with van der Waals surface area (Å²) in [5.41, 5.74) is 31.7. The quantitative estimate of drug-likeness (QED) is 0.0119. The van der Waals surface area contributed by atoms with Gasteiger partial charge in [-0.2, -0.15) is 0 Å². The number of methoxy groups -OCH3 is 2. The van der Waals surface area contributed by atoms with Crippen LogP contribution in [0.2, 0.25) is 0 Å². The number of carboxylic acid groups (broad SMARTS) is 1. The summed E-state index contributed by atoms with van der Waals surface area (Å²) < 4.78 is 101. The number of benzene rings is 6. The molecule has 10 rings (SSSR count). The lowest BCUT2D eigenvalue weighted by Gasteiger charge is -2.14. The molecule has 0 bridgehead atoms. The van der Waals surface area contributed by atoms with E-state index in [1.165, 1.54) is 87.5 Å². The maximum absolute atomic E-state index is 12.8. The van der Waals surface area contributed by atoms with Gasteiger partial charge in [0.05, 0.1) is 65.9 Å². The number of hydrogen-bond acceptors (Lipinski definition) is 31. The number of Topliss-reactive ketones (excluding diaryl/α,β-unsaturated/α-hetero) is 1. The normalized spacial score (nSPS) is 10.9. The van der Waals surface area contributed by atoms with E-state index in [1.807, 2.05) is 97.1 Å². The van der Waals surface area contributed by atoms with Crippen LogP contribution in [0, 0.1) is 0 Å². The van der Waals surface area contributed by atoms with Crippen molar-refractivity contribution in [2.24, 2.45) is 0 Å². The van der Waals surface area contributed by atoms with E-state index in [-0.39, 0.29) is 68.0 Å². The number of ether oxygens (including phenoxy) is 2. The highest BCUT2D eigenvalue weighted by Crippen LogP contribution is 2.49. The van der Waals surface area contributed by atoms with Crippen LogP contribution in [0.1, 0.15) is 47.5 Å². The predicted octanol–water partition coefficient (Wildman–Crippen LogP) is 7.76. The molecule has 540 valence electrons. The number of nitrogens with zero attached hydrogens (tertiary/aromatic N) is 8. The Hall–Kier alpha value is -10.6. The van der Waals surface area contributed by atoms with Crippen molar-refractivity contribution in [3.63, 3.8) is 0 Å². The van der Waals surface area contributed by atoms with Gasteiger partial charge in [-0.25, -0.2) is 71.1 Å². The second-order valence-corrected chi connectivity index (χ2v) is 30.5. The molecule has 32 nitrogen and oxygen atoms in total. The lowest BCUT2D eigenvalue weighted by atomic mass is 9.81. The summed E-state index contributed by atoms with van der Waals surface area (Å²) in [6.45, 7) is 0. The van der Waals surface area contributed by atoms with Gasteiger partial charge in [-0.05, 0) is 63.4 Å². The number of anilines is 5. The molecule has 0 amide bonds. The lowest BCUT2D eigenvalue weighted by Crippen LogP contribution is -2.29. The molecule has 0 spiro atoms. The van der Waals surface area contributed by atoms with Gasteiger partial charge < -0.3 is 71.4 Å². The van der Waals surface area contributed by atoms with Crippen molar-refractivity contribution in [1.29, 1.82) is 0 Å². The van der Waals surface area contributed by atoms with Crippen molar-refractivity contribution in [3.05, 3.63) is 228 Å². The molecule has 10 aromatic rings. The highest BCUT2D eigenvalue weighted by molar-refractivity contribution is 9.10. The summed E-state index contributed by atoms with van der Waals surface area (Å²) in [7, 11) is -9.28. The summed E-state index contributed by atoms with van der Waals surface area (Å²) >= 11 is 3.06. The molecule has 0 saturated heterocycles. The minimum absolute atomic E-state index is 0.0174. The van der Waals surface area contributed by atoms with Crippen LogP contribution >= 0.6 is 31.1 Å². The van der Waals surface area contributed by atoms with E-state index in [1.54, 1.807) is 24.3 Å². The molecule has 0 radical (unpaired) electrons. The number of aromatic carboxylic acids is 1. The Morgan fingerprint density at radius 2 is 0.767 bits per heavy atom. The zero-order valence-corrected chi connectivity index (χ0v) is 60.6. The Morgan fingerprint density at radius 3 is 1.12 bits per heavy atom. The number of esters is 2. The van der Waals surface area contributed by atoms with Crippen LogP contribution in [-0.4, -0.2) is 156 Å². The van der Waals surface area contributed by atoms with E-state index in [9.17, 15) is 45.1 Å². The fourth-order valence-corrected chi connectivity index (χ4v) is 15.9. The van der Waals surface area contributed by atoms with Crippen molar-refractivity contribution in [2.45, 2.75) is 16.2 Å². The Labute approximate surface area is 600 Å². The second-order valence-electron chi connectivity index (χ2n) is 20.3. The monoisotopic (exact) mass is 1550 g/mol. The average Bonchev–Trinajstić information content (AvgIpc) is 0.826. The first-order valence-corrected chi connectivity index (χ1v) is 36.9. The minimum atomic E-state index is -3.92. The third-order valence-electron chi connectivity index (χ3n) is 13.4. The van der Waals surface area contributed by atoms with Crippen LogP contribution < -0.4 is 34.1 Å². The van der Waals surface area contributed by atoms with Gasteiger partial charge in [-0.1, -0.05) is 133 Å². The smallest absolute Gasteiger partial charge is 0.476 e. The number of hydrogen-bond donors (Lipinski definition) is 8. The maximum atomic E-state index is 12.8. The Bertz CT molecular complexity index is 4820. The van der Waals surface area contributed by atoms with Gasteiger partial charge in [0, 0.05) is 57.2 Å². The topological polar surface area (TPSA) is 520 Å². The largest absolute Gasteiger partial charge is 0.488 e. The second kappa shape index (κ2) is 39.6. The SMILES string of the molecule is COC(=O)c1nc(-c2ccccc2)cnc1N.COC(=O)c1nc(Br)cnc1N.COP(=O)(CS(=O)(=O)c1ccc(CC(=O)c2nc(-c3ccccc3)cnc2N)cc1)OC.COP(=O)(CS(=O)(=O)c1ccc(N)cc1)OC.Nc1ncc(-c2ccccc2)nc1C(=O)O.OB(O)c1ccccc1. The van der Waals surface area contributed by atoms with Crippen LogP contribution in [0.4, 0.5) is 29.0 Å². The van der Waals surface area contributed by atoms with Gasteiger partial charge in [0.1, 0.15) is 10.3 Å². The highest BCUT2D eigenvalue weighted by atomic mass is 79.9. The van der Waals surface area contributed by atoms with Crippen molar-refractivity contribution < 1.29 is 87.9 Å². The molecule has 0 unspecified atom stereocenters. The first kappa shape index (κ1) is 83.0. The Kier molecular flexibility index (Phi) is 31.9. The molecule has 0 aliphatic heterocycles. The Balaban J connectivity index is 0.000000233. The van der Waals surface area contributed by atoms with Crippen LogP contribution in [0.25, 0.3) is 33.8 Å². The number of carbonyl (C=O) groups is 4. The van der Waals surface area contributed by atoms with Crippen molar-refractivity contribution in [2.75, 3.05) is 82.3 Å². The average molecular weight is 1550 g/mol. The lowest BCUT2D eigenvalue weighted by molar-refractivity contribution is 0.0586. The summed E-state index contributed by atoms with van der Waals surface area (Å²) in [6.07, 6.45) is 5.84. The van der Waals surface area contributed by atoms with Crippen molar-refractivity contribution in [3.8, 4) is 33.8 Å². The number of aromatic nitrogens is 8. The fourth-order valence-electron chi connectivity index (χ4n) is 7.98. The molecule has 13 N–H and O–H groups in total. The summed E-state index contributed by atoms with van der Waals surface area (Å²) in [5, 5.41) is 26.0. The third kappa shape index (κ3) is 25.4. The predicted molar refractivity (Wildman–Crippen MR) is 388 cm³/mol. The molecular weight excluding hydrogens is 1480 g/mol. The molecule has 4 heterocycles. The van der Waals surface area contributed by atoms with E-state index < -0.39 is 70.9 Å². The molecule has 38 heteroatoms. The van der Waals surface area contributed by atoms with E-state index in [4.69, 9.17) is 52.9 Å². The first-order chi connectivity index (χ1) is 48.9. The molecular formula is C65H69BBrN13O19P2S2. The molecule has 0 aliphatic rings. The van der Waals surface area contributed by atoms with E-state index in [0.717, 1.165) is 45.1 Å². The fraction of sp³-hybridized carbons (Fsp3) is 0.138. The van der Waals surface area contributed by atoms with E-state index >= 15 is 0 Å². The molecule has 0 saturated carbocycles. The molecule has 4 aromatic heterocycles. The minimum Gasteiger partial charge on any atom is -0.476 e. The Morgan fingerprint density at radius 1 is 0.447 bits per heavy atom. The van der Waals surface area contributed by atoms with E-state index in [2.05, 4.69) is 74.3 Å². The van der Waals surface area contributed by atoms with Gasteiger partial charge in [-0.3, -0.25) is 13.9 Å². The van der Waals surface area contributed by atoms with Crippen molar-refractivity contribution in [1.82, 2.24) is 39.9 Å². The number of carbonyl (C=O) groups excluding carboxylic acids is 3. The van der Waals surface area contributed by atoms with Gasteiger partial charge in [0.2, 0.25) is 0 Å². The summed E-state index contributed by atoms with van der Waals surface area (Å²) in [5.74, 6) is -2.65. The highest BCUT2D eigenvalue weighted by Gasteiger charge is 2.33. The van der Waals surface area contributed by atoms with Gasteiger partial charge in [0.15, 0.2) is 76.8 Å². The molecule has 103 heavy (non-hydrogen) atoms. The van der Waals surface area contributed by atoms with Gasteiger partial charge in [0.25, 0.3) is 0 Å². The van der Waals surface area contributed by atoms with Crippen LogP contribution in [0.15, 0.2) is 209 Å². The molecule has 6 aromatic carbocycles. The third-order valence-corrected chi connectivity index (χ3v) is 23.2. The standard InChI is InChI=1S/C21H22N3O6PS.C12H11N3O2.C11H9N3O2.C9H14NO5PS.C6H7BO2.C6H6BrN3O2/c1-29-31(26,30-2)14-32(27,28)17-10-8-15(9-11-17)12-19(25)20-21(22)23-13-18(24-20)16-6-4-3-5-7-16;1-17-12(16)10-11(13)14-7-9(15-10)8-5-3-2-4-6-8;12-10-9(11(15)16)14-8(6-13-10)7-4-2-1-3-5-7;1-14-16(11,15-2)7-17(12,13)9-5-3-8(10)4-6-9;8-7(9)6-4-2-1-3-5-6;1-12-6(11)4-5(8)9-2-3(7)10-4/h3-11,13H,12,14H2,1-2H3,(H2,22,23);2-7H,1H3,(H2,13,14);1-6H,(H2,12,13)(H,15,16);3-6H,7,10H2,1-2H3;1-5,8-9H;2H,1H3,(H2,8,9). The number of nitrogens with two attached hydrogens (primary N) is 5. The summed E-state index contributed by atoms with van der Waals surface area (Å²) in [4.78, 5) is 77.8. The number of carboxylic acids is 1. The summed E-state index contributed by atoms with van der Waals surface area (Å²) in [6, 6.07) is 47.8. The van der Waals surface area contributed by atoms with Crippen LogP contribution in [0.3, 0.4) is 0 Å². The van der Waals surface area contributed by atoms with Crippen molar-refractivity contribution >= 4 is 116 Å². The molecule has 0 atom stereocenters. The molecule has 0 aliphatic carbocycles. The number of halogens is 1. The van der Waals surface area contributed by atoms with Crippen LogP contribution in [0.5, 0.6) is 0 Å². The zero-order chi connectivity index (χ0) is 76.1. The number of ketones is 1. The van der Waals surface area contributed by atoms with E-state index in [0.29, 0.717) is 38.4 Å². The number of nitrogen functional groups attached to an aromatic ring is 5. The van der Waals surface area contributed by atoms with Gasteiger partial charge in [-0.15, -0.1) is 0 Å².